The van der Waals surface area contributed by atoms with Crippen molar-refractivity contribution < 1.29 is 46.4 Å². The molecule has 0 aliphatic heterocycles. The summed E-state index contributed by atoms with van der Waals surface area (Å²) in [4.78, 5) is 12.4. The highest BCUT2D eigenvalue weighted by Gasteiger charge is 2.54. The molecule has 5 atom stereocenters. The first-order chi connectivity index (χ1) is 17.8. The van der Waals surface area contributed by atoms with E-state index in [1.807, 2.05) is 0 Å². The van der Waals surface area contributed by atoms with Gasteiger partial charge in [-0.05, 0) is 55.7 Å². The third-order valence-electron chi connectivity index (χ3n) is 7.11. The lowest BCUT2D eigenvalue weighted by atomic mass is 9.77. The Kier molecular flexibility index (Phi) is 8.41. The van der Waals surface area contributed by atoms with Crippen molar-refractivity contribution in [2.75, 3.05) is 25.1 Å². The number of hydrogen-bond acceptors (Lipinski definition) is 7. The lowest BCUT2D eigenvalue weighted by Gasteiger charge is -2.40. The first-order valence-electron chi connectivity index (χ1n) is 11.9. The molecule has 2 aliphatic rings. The maximum atomic E-state index is 13.8. The van der Waals surface area contributed by atoms with Crippen LogP contribution in [0.2, 0.25) is 5.02 Å². The van der Waals surface area contributed by atoms with E-state index in [1.165, 1.54) is 12.1 Å². The van der Waals surface area contributed by atoms with E-state index in [0.717, 1.165) is 6.07 Å². The molecule has 3 unspecified atom stereocenters. The van der Waals surface area contributed by atoms with Crippen molar-refractivity contribution in [2.24, 2.45) is 11.8 Å². The highest BCUT2D eigenvalue weighted by Crippen LogP contribution is 2.51. The number of halogens is 4. The normalized spacial score (nSPS) is 25.8. The number of carbonyl (C=O) groups is 1. The van der Waals surface area contributed by atoms with E-state index in [1.54, 1.807) is 0 Å². The van der Waals surface area contributed by atoms with E-state index in [0.29, 0.717) is 25.0 Å². The van der Waals surface area contributed by atoms with Gasteiger partial charge in [-0.1, -0.05) is 11.6 Å². The fourth-order valence-electron chi connectivity index (χ4n) is 5.54. The number of nitrogens with one attached hydrogen (secondary N) is 1. The van der Waals surface area contributed by atoms with Gasteiger partial charge < -0.3 is 25.4 Å². The number of benzene rings is 2. The molecule has 2 saturated carbocycles. The Morgan fingerprint density at radius 2 is 1.74 bits per heavy atom. The van der Waals surface area contributed by atoms with E-state index >= 15 is 0 Å². The molecule has 38 heavy (non-hydrogen) atoms. The van der Waals surface area contributed by atoms with Gasteiger partial charge in [0.25, 0.3) is 5.91 Å². The average Bonchev–Trinajstić information content (AvgIpc) is 3.15. The molecule has 4 rings (SSSR count). The summed E-state index contributed by atoms with van der Waals surface area (Å²) >= 11 is 6.24. The van der Waals surface area contributed by atoms with Crippen LogP contribution in [0, 0.1) is 29.3 Å². The summed E-state index contributed by atoms with van der Waals surface area (Å²) in [5, 5.41) is 30.6. The zero-order chi connectivity index (χ0) is 27.8. The van der Waals surface area contributed by atoms with E-state index in [2.05, 4.69) is 5.32 Å². The number of fused-ring (bicyclic) bond motifs is 2. The van der Waals surface area contributed by atoms with Gasteiger partial charge >= 0.3 is 0 Å². The number of rotatable bonds is 9. The number of aliphatic hydroxyl groups is 3. The molecule has 0 aromatic heterocycles. The average molecular weight is 578 g/mol. The van der Waals surface area contributed by atoms with E-state index in [-0.39, 0.29) is 47.2 Å². The van der Waals surface area contributed by atoms with Crippen molar-refractivity contribution >= 4 is 33.0 Å². The number of amides is 1. The first kappa shape index (κ1) is 28.8. The van der Waals surface area contributed by atoms with Crippen LogP contribution < -0.4 is 5.32 Å². The maximum Gasteiger partial charge on any atom is 0.255 e. The number of carbonyl (C=O) groups excluding carboxylic acids is 1. The quantitative estimate of drug-likeness (QED) is 0.337. The molecule has 0 heterocycles. The van der Waals surface area contributed by atoms with Gasteiger partial charge in [-0.2, -0.15) is 0 Å². The van der Waals surface area contributed by atoms with E-state index < -0.39 is 68.6 Å². The zero-order valence-electron chi connectivity index (χ0n) is 20.0. The molecular weight excluding hydrogens is 551 g/mol. The third-order valence-corrected chi connectivity index (χ3v) is 9.99. The fourth-order valence-corrected chi connectivity index (χ4v) is 8.38. The van der Waals surface area contributed by atoms with Crippen LogP contribution in [0.25, 0.3) is 0 Å². The van der Waals surface area contributed by atoms with Crippen molar-refractivity contribution in [3.05, 3.63) is 58.4 Å². The molecule has 2 bridgehead atoms. The molecule has 2 fully saturated rings. The molecule has 0 spiro atoms. The standard InChI is InChI=1S/C25H27ClF3NO7S/c26-18-4-3-13(24(33)30-16-6-19(27)22(29)20(28)7-16)5-21(18)38(35,36)23-14-1-2-15(23)9-25(34,8-14)12-37-11-17(32)10-31/h3-7,14-15,17,23,31-32,34H,1-2,8-12H2,(H,30,33)/t14-,15?,17?,23?,25+/m0/s1. The van der Waals surface area contributed by atoms with Crippen LogP contribution in [-0.4, -0.2) is 66.4 Å². The van der Waals surface area contributed by atoms with E-state index in [9.17, 15) is 36.6 Å². The molecular formula is C25H27ClF3NO7S. The van der Waals surface area contributed by atoms with Crippen LogP contribution in [0.1, 0.15) is 36.0 Å². The summed E-state index contributed by atoms with van der Waals surface area (Å²) in [6.07, 6.45) is 0.301. The SMILES string of the molecule is O=C(Nc1cc(F)c(F)c(F)c1)c1ccc(Cl)c(S(=O)(=O)C2C3CC[C@H]2C[C@](O)(COCC(O)CO)C3)c1. The highest BCUT2D eigenvalue weighted by atomic mass is 35.5. The van der Waals surface area contributed by atoms with Gasteiger partial charge in [0.2, 0.25) is 0 Å². The predicted octanol–water partition coefficient (Wildman–Crippen LogP) is 3.07. The number of sulfone groups is 1. The Hall–Kier alpha value is -2.22. The number of ether oxygens (including phenoxy) is 1. The Labute approximate surface area is 222 Å². The number of anilines is 1. The van der Waals surface area contributed by atoms with Crippen LogP contribution in [0.5, 0.6) is 0 Å². The minimum atomic E-state index is -4.07. The fraction of sp³-hybridized carbons (Fsp3) is 0.480. The molecule has 8 nitrogen and oxygen atoms in total. The Morgan fingerprint density at radius 1 is 1.13 bits per heavy atom. The summed E-state index contributed by atoms with van der Waals surface area (Å²) < 4.78 is 73.1. The van der Waals surface area contributed by atoms with Crippen molar-refractivity contribution in [1.82, 2.24) is 0 Å². The molecule has 2 aromatic rings. The first-order valence-corrected chi connectivity index (χ1v) is 13.9. The smallest absolute Gasteiger partial charge is 0.255 e. The Balaban J connectivity index is 1.53. The lowest BCUT2D eigenvalue weighted by molar-refractivity contribution is -0.0986. The summed E-state index contributed by atoms with van der Waals surface area (Å²) in [5.74, 6) is -6.38. The molecule has 0 radical (unpaired) electrons. The van der Waals surface area contributed by atoms with Gasteiger partial charge in [-0.15, -0.1) is 0 Å². The van der Waals surface area contributed by atoms with Gasteiger partial charge in [0.05, 0.1) is 40.6 Å². The van der Waals surface area contributed by atoms with Crippen molar-refractivity contribution in [3.8, 4) is 0 Å². The topological polar surface area (TPSA) is 133 Å². The minimum Gasteiger partial charge on any atom is -0.394 e. The zero-order valence-corrected chi connectivity index (χ0v) is 21.6. The monoisotopic (exact) mass is 577 g/mol. The molecule has 13 heteroatoms. The number of hydrogen-bond donors (Lipinski definition) is 4. The van der Waals surface area contributed by atoms with Gasteiger partial charge in [-0.3, -0.25) is 4.79 Å². The predicted molar refractivity (Wildman–Crippen MR) is 131 cm³/mol. The van der Waals surface area contributed by atoms with Gasteiger partial charge in [-0.25, -0.2) is 21.6 Å². The summed E-state index contributed by atoms with van der Waals surface area (Å²) in [6.45, 7) is -0.776. The van der Waals surface area contributed by atoms with Gasteiger partial charge in [0.15, 0.2) is 27.3 Å². The molecule has 2 aliphatic carbocycles. The maximum absolute atomic E-state index is 13.8. The Morgan fingerprint density at radius 3 is 2.32 bits per heavy atom. The van der Waals surface area contributed by atoms with Gasteiger partial charge in [0, 0.05) is 23.4 Å². The second-order valence-electron chi connectivity index (χ2n) is 9.94. The number of aliphatic hydroxyl groups excluding tert-OH is 2. The summed E-state index contributed by atoms with van der Waals surface area (Å²) in [6, 6.07) is 4.76. The van der Waals surface area contributed by atoms with Crippen molar-refractivity contribution in [1.29, 1.82) is 0 Å². The molecule has 208 valence electrons. The van der Waals surface area contributed by atoms with E-state index in [4.69, 9.17) is 21.4 Å². The van der Waals surface area contributed by atoms with Crippen LogP contribution >= 0.6 is 11.6 Å². The van der Waals surface area contributed by atoms with Crippen LogP contribution in [0.3, 0.4) is 0 Å². The second kappa shape index (κ2) is 11.1. The Bertz CT molecular complexity index is 1290. The highest BCUT2D eigenvalue weighted by molar-refractivity contribution is 7.92. The van der Waals surface area contributed by atoms with Gasteiger partial charge in [0.1, 0.15) is 6.10 Å². The minimum absolute atomic E-state index is 0.109. The molecule has 0 saturated heterocycles. The third kappa shape index (κ3) is 5.85. The summed E-state index contributed by atoms with van der Waals surface area (Å²) in [7, 11) is -4.07. The van der Waals surface area contributed by atoms with Crippen molar-refractivity contribution in [2.45, 2.75) is 47.5 Å². The van der Waals surface area contributed by atoms with Crippen LogP contribution in [0.4, 0.5) is 18.9 Å². The van der Waals surface area contributed by atoms with Crippen LogP contribution in [-0.2, 0) is 14.6 Å². The molecule has 2 aromatic carbocycles. The second-order valence-corrected chi connectivity index (χ2v) is 12.4. The van der Waals surface area contributed by atoms with Crippen LogP contribution in [0.15, 0.2) is 35.2 Å². The summed E-state index contributed by atoms with van der Waals surface area (Å²) in [5.41, 5.74) is -1.80. The largest absolute Gasteiger partial charge is 0.394 e. The molecule has 1 amide bonds. The van der Waals surface area contributed by atoms with Crippen molar-refractivity contribution in [3.63, 3.8) is 0 Å². The molecule has 4 N–H and O–H groups in total. The lowest BCUT2D eigenvalue weighted by Crippen LogP contribution is -2.48.